The normalized spacial score (nSPS) is 12.4. The molecular weight excluding hydrogens is 242 g/mol. The highest BCUT2D eigenvalue weighted by atomic mass is 16.1. The molecule has 0 fully saturated rings. The van der Waals surface area contributed by atoms with E-state index in [1.54, 1.807) is 13.2 Å². The molecule has 0 spiro atoms. The van der Waals surface area contributed by atoms with Crippen LogP contribution in [0.5, 0.6) is 0 Å². The van der Waals surface area contributed by atoms with Crippen LogP contribution in [0.4, 0.5) is 5.69 Å². The molecule has 2 rings (SSSR count). The third-order valence-electron chi connectivity index (χ3n) is 3.18. The lowest BCUT2D eigenvalue weighted by Crippen LogP contribution is -2.23. The predicted octanol–water partition coefficient (Wildman–Crippen LogP) is 1.50. The molecule has 19 heavy (non-hydrogen) atoms. The molecule has 0 bridgehead atoms. The molecule has 0 aliphatic heterocycles. The lowest BCUT2D eigenvalue weighted by molar-refractivity contribution is 0.470. The summed E-state index contributed by atoms with van der Waals surface area (Å²) in [7, 11) is 1.76. The Kier molecular flexibility index (Phi) is 3.99. The van der Waals surface area contributed by atoms with Gasteiger partial charge in [0, 0.05) is 25.4 Å². The zero-order valence-electron chi connectivity index (χ0n) is 11.5. The number of hydrogen-bond acceptors (Lipinski definition) is 4. The third kappa shape index (κ3) is 3.01. The molecule has 1 unspecified atom stereocenters. The summed E-state index contributed by atoms with van der Waals surface area (Å²) in [6.45, 7) is 4.63. The lowest BCUT2D eigenvalue weighted by atomic mass is 10.3. The summed E-state index contributed by atoms with van der Waals surface area (Å²) in [5.41, 5.74) is 1.42. The van der Waals surface area contributed by atoms with Crippen molar-refractivity contribution in [2.24, 2.45) is 0 Å². The number of anilines is 1. The second kappa shape index (κ2) is 5.69. The van der Waals surface area contributed by atoms with Crippen LogP contribution in [0.1, 0.15) is 32.0 Å². The van der Waals surface area contributed by atoms with Crippen molar-refractivity contribution in [3.05, 3.63) is 40.6 Å². The first-order valence-corrected chi connectivity index (χ1v) is 6.43. The highest BCUT2D eigenvalue weighted by molar-refractivity contribution is 5.37. The van der Waals surface area contributed by atoms with Gasteiger partial charge in [-0.05, 0) is 19.4 Å². The van der Waals surface area contributed by atoms with Gasteiger partial charge in [0.15, 0.2) is 0 Å². The summed E-state index contributed by atoms with van der Waals surface area (Å²) in [6, 6.07) is 3.82. The van der Waals surface area contributed by atoms with E-state index < -0.39 is 0 Å². The molecule has 2 aromatic heterocycles. The first-order valence-electron chi connectivity index (χ1n) is 6.43. The van der Waals surface area contributed by atoms with E-state index in [4.69, 9.17) is 0 Å². The Bertz CT molecular complexity index is 601. The van der Waals surface area contributed by atoms with E-state index in [0.29, 0.717) is 18.3 Å². The molecule has 0 amide bonds. The van der Waals surface area contributed by atoms with Crippen LogP contribution in [0.3, 0.4) is 0 Å². The average Bonchev–Trinajstić information content (AvgIpc) is 2.88. The Labute approximate surface area is 112 Å². The molecule has 2 aromatic rings. The summed E-state index contributed by atoms with van der Waals surface area (Å²) in [6.07, 6.45) is 4.60. The fourth-order valence-corrected chi connectivity index (χ4v) is 1.74. The Morgan fingerprint density at radius 1 is 1.47 bits per heavy atom. The van der Waals surface area contributed by atoms with Gasteiger partial charge in [-0.15, -0.1) is 0 Å². The SMILES string of the molecule is CCC(C)n1ccc(Cn2ncc(NC)cc2=O)n1. The minimum atomic E-state index is -0.134. The van der Waals surface area contributed by atoms with E-state index in [2.05, 4.69) is 29.4 Å². The topological polar surface area (TPSA) is 64.7 Å². The Morgan fingerprint density at radius 2 is 2.26 bits per heavy atom. The van der Waals surface area contributed by atoms with Gasteiger partial charge in [0.05, 0.1) is 24.1 Å². The minimum absolute atomic E-state index is 0.134. The molecule has 0 aliphatic carbocycles. The summed E-state index contributed by atoms with van der Waals surface area (Å²) < 4.78 is 3.33. The largest absolute Gasteiger partial charge is 0.387 e. The van der Waals surface area contributed by atoms with Crippen LogP contribution in [0, 0.1) is 0 Å². The molecule has 0 radical (unpaired) electrons. The van der Waals surface area contributed by atoms with Gasteiger partial charge in [0.25, 0.3) is 5.56 Å². The molecule has 0 aromatic carbocycles. The first-order chi connectivity index (χ1) is 9.13. The summed E-state index contributed by atoms with van der Waals surface area (Å²) in [5.74, 6) is 0. The maximum Gasteiger partial charge on any atom is 0.269 e. The molecule has 6 nitrogen and oxygen atoms in total. The van der Waals surface area contributed by atoms with Crippen LogP contribution >= 0.6 is 0 Å². The van der Waals surface area contributed by atoms with E-state index in [1.807, 2.05) is 16.9 Å². The molecule has 1 N–H and O–H groups in total. The van der Waals surface area contributed by atoms with Crippen molar-refractivity contribution in [2.75, 3.05) is 12.4 Å². The number of rotatable bonds is 5. The molecule has 102 valence electrons. The zero-order chi connectivity index (χ0) is 13.8. The second-order valence-electron chi connectivity index (χ2n) is 4.53. The van der Waals surface area contributed by atoms with Gasteiger partial charge in [-0.2, -0.15) is 10.2 Å². The molecule has 1 atom stereocenters. The predicted molar refractivity (Wildman–Crippen MR) is 74.4 cm³/mol. The van der Waals surface area contributed by atoms with Crippen molar-refractivity contribution < 1.29 is 0 Å². The maximum absolute atomic E-state index is 11.8. The maximum atomic E-state index is 11.8. The van der Waals surface area contributed by atoms with Crippen molar-refractivity contribution in [1.29, 1.82) is 0 Å². The van der Waals surface area contributed by atoms with Crippen LogP contribution in [0.15, 0.2) is 29.3 Å². The summed E-state index contributed by atoms with van der Waals surface area (Å²) in [4.78, 5) is 11.8. The molecule has 6 heteroatoms. The van der Waals surface area contributed by atoms with Crippen LogP contribution < -0.4 is 10.9 Å². The third-order valence-corrected chi connectivity index (χ3v) is 3.18. The molecule has 0 aliphatic rings. The van der Waals surface area contributed by atoms with Gasteiger partial charge in [0.2, 0.25) is 0 Å². The fraction of sp³-hybridized carbons (Fsp3) is 0.462. The molecule has 0 saturated carbocycles. The van der Waals surface area contributed by atoms with E-state index >= 15 is 0 Å². The molecule has 0 saturated heterocycles. The van der Waals surface area contributed by atoms with Crippen molar-refractivity contribution in [1.82, 2.24) is 19.6 Å². The number of nitrogens with one attached hydrogen (secondary N) is 1. The van der Waals surface area contributed by atoms with Crippen LogP contribution in [0.2, 0.25) is 0 Å². The van der Waals surface area contributed by atoms with Crippen molar-refractivity contribution in [3.63, 3.8) is 0 Å². The summed E-state index contributed by atoms with van der Waals surface area (Å²) in [5, 5.41) is 11.5. The molecule has 2 heterocycles. The van der Waals surface area contributed by atoms with Gasteiger partial charge in [-0.25, -0.2) is 4.68 Å². The first kappa shape index (κ1) is 13.3. The van der Waals surface area contributed by atoms with Crippen LogP contribution in [-0.2, 0) is 6.54 Å². The number of aromatic nitrogens is 4. The van der Waals surface area contributed by atoms with Gasteiger partial charge >= 0.3 is 0 Å². The smallest absolute Gasteiger partial charge is 0.269 e. The van der Waals surface area contributed by atoms with Crippen LogP contribution in [-0.4, -0.2) is 26.6 Å². The van der Waals surface area contributed by atoms with Gasteiger partial charge < -0.3 is 5.32 Å². The monoisotopic (exact) mass is 261 g/mol. The highest BCUT2D eigenvalue weighted by Gasteiger charge is 2.06. The van der Waals surface area contributed by atoms with Gasteiger partial charge in [-0.1, -0.05) is 6.92 Å². The average molecular weight is 261 g/mol. The van der Waals surface area contributed by atoms with Crippen molar-refractivity contribution in [3.8, 4) is 0 Å². The van der Waals surface area contributed by atoms with E-state index in [0.717, 1.165) is 12.1 Å². The van der Waals surface area contributed by atoms with Crippen molar-refractivity contribution in [2.45, 2.75) is 32.9 Å². The second-order valence-corrected chi connectivity index (χ2v) is 4.53. The highest BCUT2D eigenvalue weighted by Crippen LogP contribution is 2.09. The standard InChI is InChI=1S/C13H19N5O/c1-4-10(2)17-6-5-11(16-17)9-18-13(19)7-12(14-3)8-15-18/h5-8,10,14H,4,9H2,1-3H3. The van der Waals surface area contributed by atoms with E-state index in [1.165, 1.54) is 10.7 Å². The van der Waals surface area contributed by atoms with E-state index in [-0.39, 0.29) is 5.56 Å². The minimum Gasteiger partial charge on any atom is -0.387 e. The quantitative estimate of drug-likeness (QED) is 0.886. The summed E-state index contributed by atoms with van der Waals surface area (Å²) >= 11 is 0. The van der Waals surface area contributed by atoms with Gasteiger partial charge in [0.1, 0.15) is 0 Å². The zero-order valence-corrected chi connectivity index (χ0v) is 11.5. The van der Waals surface area contributed by atoms with E-state index in [9.17, 15) is 4.79 Å². The fourth-order valence-electron chi connectivity index (χ4n) is 1.74. The lowest BCUT2D eigenvalue weighted by Gasteiger charge is -2.08. The van der Waals surface area contributed by atoms with Crippen molar-refractivity contribution >= 4 is 5.69 Å². The Balaban J connectivity index is 2.17. The Morgan fingerprint density at radius 3 is 2.89 bits per heavy atom. The van der Waals surface area contributed by atoms with Crippen LogP contribution in [0.25, 0.3) is 0 Å². The number of nitrogens with zero attached hydrogens (tertiary/aromatic N) is 4. The van der Waals surface area contributed by atoms with Gasteiger partial charge in [-0.3, -0.25) is 9.48 Å². The Hall–Kier alpha value is -2.11. The number of hydrogen-bond donors (Lipinski definition) is 1. The molecular formula is C13H19N5O.